The van der Waals surface area contributed by atoms with Gasteiger partial charge in [-0.15, -0.1) is 27.8 Å². The molecule has 6 nitrogen and oxygen atoms in total. The Labute approximate surface area is 122 Å². The molecule has 0 atom stereocenters. The number of carbonyl (C=O) groups is 1. The van der Waals surface area contributed by atoms with Crippen LogP contribution in [-0.2, 0) is 4.74 Å². The molecule has 0 bridgehead atoms. The quantitative estimate of drug-likeness (QED) is 0.693. The predicted octanol–water partition coefficient (Wildman–Crippen LogP) is 2.63. The second-order valence-electron chi connectivity index (χ2n) is 3.78. The lowest BCUT2D eigenvalue weighted by molar-refractivity contribution is 0.0528. The van der Waals surface area contributed by atoms with Gasteiger partial charge in [0.15, 0.2) is 0 Å². The van der Waals surface area contributed by atoms with Crippen LogP contribution in [0, 0.1) is 0 Å². The highest BCUT2D eigenvalue weighted by Gasteiger charge is 2.23. The molecule has 8 heteroatoms. The number of carbonyl (C=O) groups excluding carboxylic acids is 1. The molecule has 0 amide bonds. The molecule has 0 saturated heterocycles. The third-order valence-electron chi connectivity index (χ3n) is 2.59. The van der Waals surface area contributed by atoms with Gasteiger partial charge in [-0.3, -0.25) is 0 Å². The van der Waals surface area contributed by atoms with Crippen LogP contribution in [0.4, 0.5) is 0 Å². The Hall–Kier alpha value is -2.06. The number of esters is 1. The largest absolute Gasteiger partial charge is 0.462 e. The van der Waals surface area contributed by atoms with E-state index in [0.29, 0.717) is 17.2 Å². The van der Waals surface area contributed by atoms with Gasteiger partial charge in [0.05, 0.1) is 6.61 Å². The van der Waals surface area contributed by atoms with Gasteiger partial charge in [-0.25, -0.2) is 4.79 Å². The number of aromatic nitrogens is 4. The molecule has 0 radical (unpaired) electrons. The number of ether oxygens (including phenoxy) is 1. The van der Waals surface area contributed by atoms with E-state index in [-0.39, 0.29) is 5.97 Å². The second kappa shape index (κ2) is 5.51. The minimum Gasteiger partial charge on any atom is -0.462 e. The van der Waals surface area contributed by atoms with E-state index in [1.54, 1.807) is 18.3 Å². The van der Waals surface area contributed by atoms with E-state index in [1.165, 1.54) is 22.3 Å². The average molecular weight is 306 g/mol. The first kappa shape index (κ1) is 12.9. The van der Waals surface area contributed by atoms with E-state index in [9.17, 15) is 4.79 Å². The first-order valence-corrected chi connectivity index (χ1v) is 7.63. The van der Waals surface area contributed by atoms with Crippen LogP contribution in [0.3, 0.4) is 0 Å². The zero-order valence-corrected chi connectivity index (χ0v) is 12.1. The van der Waals surface area contributed by atoms with Crippen molar-refractivity contribution >= 4 is 28.6 Å². The van der Waals surface area contributed by atoms with Crippen LogP contribution in [0.1, 0.15) is 17.3 Å². The molecule has 3 rings (SSSR count). The molecule has 3 aromatic heterocycles. The molecule has 0 aliphatic rings. The molecule has 0 fully saturated rings. The van der Waals surface area contributed by atoms with E-state index in [1.807, 2.05) is 22.9 Å². The first-order valence-electron chi connectivity index (χ1n) is 5.87. The Morgan fingerprint density at radius 2 is 2.35 bits per heavy atom. The summed E-state index contributed by atoms with van der Waals surface area (Å²) < 4.78 is 6.63. The molecule has 0 aliphatic heterocycles. The van der Waals surface area contributed by atoms with Crippen molar-refractivity contribution in [3.8, 4) is 15.4 Å². The van der Waals surface area contributed by atoms with Crippen molar-refractivity contribution in [1.29, 1.82) is 0 Å². The van der Waals surface area contributed by atoms with E-state index >= 15 is 0 Å². The van der Waals surface area contributed by atoms with Gasteiger partial charge in [-0.1, -0.05) is 6.07 Å². The predicted molar refractivity (Wildman–Crippen MR) is 76.3 cm³/mol. The summed E-state index contributed by atoms with van der Waals surface area (Å²) in [6.45, 7) is 2.11. The fourth-order valence-electron chi connectivity index (χ4n) is 1.78. The second-order valence-corrected chi connectivity index (χ2v) is 5.59. The van der Waals surface area contributed by atoms with Gasteiger partial charge >= 0.3 is 5.97 Å². The topological polar surface area (TPSA) is 69.9 Å². The van der Waals surface area contributed by atoms with Crippen molar-refractivity contribution in [3.63, 3.8) is 0 Å². The van der Waals surface area contributed by atoms with Gasteiger partial charge in [-0.05, 0) is 28.8 Å². The lowest BCUT2D eigenvalue weighted by Crippen LogP contribution is -2.08. The lowest BCUT2D eigenvalue weighted by Gasteiger charge is -2.05. The summed E-state index contributed by atoms with van der Waals surface area (Å²) in [5, 5.41) is 15.6. The number of hydrogen-bond donors (Lipinski definition) is 0. The number of tetrazole rings is 1. The third-order valence-corrected chi connectivity index (χ3v) is 4.47. The molecule has 20 heavy (non-hydrogen) atoms. The zero-order valence-electron chi connectivity index (χ0n) is 10.5. The van der Waals surface area contributed by atoms with Gasteiger partial charge in [0, 0.05) is 15.8 Å². The summed E-state index contributed by atoms with van der Waals surface area (Å²) in [5.41, 5.74) is 1.36. The first-order chi connectivity index (χ1) is 9.81. The third kappa shape index (κ3) is 2.23. The van der Waals surface area contributed by atoms with E-state index in [2.05, 4.69) is 15.5 Å². The monoisotopic (exact) mass is 306 g/mol. The minimum atomic E-state index is -0.359. The van der Waals surface area contributed by atoms with Crippen LogP contribution in [0.5, 0.6) is 0 Å². The number of hydrogen-bond acceptors (Lipinski definition) is 7. The van der Waals surface area contributed by atoms with Crippen LogP contribution in [-0.4, -0.2) is 32.8 Å². The van der Waals surface area contributed by atoms with Gasteiger partial charge in [0.1, 0.15) is 16.9 Å². The summed E-state index contributed by atoms with van der Waals surface area (Å²) in [6, 6.07) is 3.92. The molecule has 3 heterocycles. The average Bonchev–Trinajstić information content (AvgIpc) is 3.19. The fraction of sp³-hybridized carbons (Fsp3) is 0.167. The SMILES string of the molecule is CCOC(=O)c1c(-c2cccs2)csc1-n1cnnn1. The lowest BCUT2D eigenvalue weighted by atomic mass is 10.1. The Morgan fingerprint density at radius 3 is 3.00 bits per heavy atom. The van der Waals surface area contributed by atoms with Crippen molar-refractivity contribution < 1.29 is 9.53 Å². The Balaban J connectivity index is 2.14. The number of nitrogens with zero attached hydrogens (tertiary/aromatic N) is 4. The number of thiophene rings is 2. The fourth-order valence-corrected chi connectivity index (χ4v) is 3.58. The standard InChI is InChI=1S/C12H10N4O2S2/c1-2-18-12(17)10-8(9-4-3-5-19-9)6-20-11(10)16-7-13-14-15-16/h3-7H,2H2,1H3. The van der Waals surface area contributed by atoms with Crippen molar-refractivity contribution in [2.24, 2.45) is 0 Å². The van der Waals surface area contributed by atoms with Crippen LogP contribution in [0.2, 0.25) is 0 Å². The van der Waals surface area contributed by atoms with Crippen LogP contribution >= 0.6 is 22.7 Å². The summed E-state index contributed by atoms with van der Waals surface area (Å²) in [6.07, 6.45) is 1.47. The maximum atomic E-state index is 12.2. The van der Waals surface area contributed by atoms with Crippen LogP contribution in [0.15, 0.2) is 29.2 Å². The molecule has 0 spiro atoms. The smallest absolute Gasteiger partial charge is 0.341 e. The molecular weight excluding hydrogens is 296 g/mol. The number of rotatable bonds is 4. The maximum absolute atomic E-state index is 12.2. The van der Waals surface area contributed by atoms with Crippen molar-refractivity contribution in [2.75, 3.05) is 6.61 Å². The van der Waals surface area contributed by atoms with Crippen LogP contribution in [0.25, 0.3) is 15.4 Å². The highest BCUT2D eigenvalue weighted by molar-refractivity contribution is 7.16. The van der Waals surface area contributed by atoms with Crippen molar-refractivity contribution in [3.05, 3.63) is 34.8 Å². The Kier molecular flexibility index (Phi) is 3.57. The molecule has 102 valence electrons. The molecule has 0 aromatic carbocycles. The van der Waals surface area contributed by atoms with Gasteiger partial charge < -0.3 is 4.74 Å². The van der Waals surface area contributed by atoms with Gasteiger partial charge in [0.25, 0.3) is 0 Å². The molecule has 0 aliphatic carbocycles. The van der Waals surface area contributed by atoms with E-state index < -0.39 is 0 Å². The summed E-state index contributed by atoms with van der Waals surface area (Å²) >= 11 is 2.99. The zero-order chi connectivity index (χ0) is 13.9. The molecule has 0 N–H and O–H groups in total. The molecular formula is C12H10N4O2S2. The highest BCUT2D eigenvalue weighted by Crippen LogP contribution is 2.36. The molecule has 0 unspecified atom stereocenters. The molecule has 0 saturated carbocycles. The Bertz CT molecular complexity index is 652. The minimum absolute atomic E-state index is 0.327. The Morgan fingerprint density at radius 1 is 1.45 bits per heavy atom. The highest BCUT2D eigenvalue weighted by atomic mass is 32.1. The summed E-state index contributed by atoms with van der Waals surface area (Å²) in [7, 11) is 0. The summed E-state index contributed by atoms with van der Waals surface area (Å²) in [4.78, 5) is 13.3. The van der Waals surface area contributed by atoms with Gasteiger partial charge in [0.2, 0.25) is 0 Å². The molecule has 3 aromatic rings. The van der Waals surface area contributed by atoms with Crippen molar-refractivity contribution in [1.82, 2.24) is 20.2 Å². The normalized spacial score (nSPS) is 10.7. The maximum Gasteiger partial charge on any atom is 0.341 e. The summed E-state index contributed by atoms with van der Waals surface area (Å²) in [5.74, 6) is -0.359. The van der Waals surface area contributed by atoms with E-state index in [0.717, 1.165) is 10.4 Å². The van der Waals surface area contributed by atoms with Gasteiger partial charge in [-0.2, -0.15) is 4.68 Å². The van der Waals surface area contributed by atoms with Crippen molar-refractivity contribution in [2.45, 2.75) is 6.92 Å². The van der Waals surface area contributed by atoms with Crippen LogP contribution < -0.4 is 0 Å². The van der Waals surface area contributed by atoms with E-state index in [4.69, 9.17) is 4.74 Å².